The number of esters is 1. The van der Waals surface area contributed by atoms with Crippen molar-refractivity contribution in [1.82, 2.24) is 0 Å². The molecule has 0 aromatic rings. The summed E-state index contributed by atoms with van der Waals surface area (Å²) in [5.41, 5.74) is -1.85. The van der Waals surface area contributed by atoms with Crippen LogP contribution in [0.4, 0.5) is 4.39 Å². The first-order valence-electron chi connectivity index (χ1n) is 6.57. The molecule has 0 heterocycles. The molecule has 2 saturated carbocycles. The molecule has 5 heteroatoms. The van der Waals surface area contributed by atoms with Gasteiger partial charge in [0.2, 0.25) is 5.67 Å². The lowest BCUT2D eigenvalue weighted by Crippen LogP contribution is -2.37. The average Bonchev–Trinajstić information content (AvgIpc) is 2.89. The minimum atomic E-state index is -1.85. The lowest BCUT2D eigenvalue weighted by Gasteiger charge is -2.28. The number of hydrogen-bond donors (Lipinski definition) is 0. The molecule has 18 heavy (non-hydrogen) atoms. The highest BCUT2D eigenvalue weighted by Gasteiger charge is 2.49. The molecular weight excluding hydrogens is 255 g/mol. The predicted molar refractivity (Wildman–Crippen MR) is 68.9 cm³/mol. The summed E-state index contributed by atoms with van der Waals surface area (Å²) in [4.78, 5) is 11.7. The molecule has 2 aliphatic rings. The third-order valence-corrected chi connectivity index (χ3v) is 4.73. The summed E-state index contributed by atoms with van der Waals surface area (Å²) < 4.78 is 24.7. The summed E-state index contributed by atoms with van der Waals surface area (Å²) in [6.07, 6.45) is 5.04. The van der Waals surface area contributed by atoms with Gasteiger partial charge in [0.05, 0.1) is 6.10 Å². The van der Waals surface area contributed by atoms with Crippen molar-refractivity contribution in [3.63, 3.8) is 0 Å². The number of halogens is 1. The Morgan fingerprint density at radius 2 is 1.94 bits per heavy atom. The van der Waals surface area contributed by atoms with Gasteiger partial charge in [-0.1, -0.05) is 6.92 Å². The average molecular weight is 276 g/mol. The van der Waals surface area contributed by atoms with E-state index in [-0.39, 0.29) is 18.6 Å². The van der Waals surface area contributed by atoms with Gasteiger partial charge in [-0.2, -0.15) is 0 Å². The molecule has 0 N–H and O–H groups in total. The minimum Gasteiger partial charge on any atom is -0.460 e. The van der Waals surface area contributed by atoms with Crippen molar-refractivity contribution in [1.29, 1.82) is 0 Å². The zero-order valence-corrected chi connectivity index (χ0v) is 12.0. The fraction of sp³-hybridized carbons (Fsp3) is 0.923. The highest BCUT2D eigenvalue weighted by atomic mass is 32.2. The Kier molecular flexibility index (Phi) is 4.22. The Labute approximate surface area is 112 Å². The van der Waals surface area contributed by atoms with E-state index in [0.29, 0.717) is 11.8 Å². The quantitative estimate of drug-likeness (QED) is 0.571. The normalized spacial score (nSPS) is 37.6. The molecule has 3 nitrogen and oxygen atoms in total. The molecule has 0 aromatic carbocycles. The minimum absolute atomic E-state index is 0.106. The van der Waals surface area contributed by atoms with Crippen LogP contribution in [0.3, 0.4) is 0 Å². The van der Waals surface area contributed by atoms with Gasteiger partial charge in [-0.25, -0.2) is 9.18 Å². The number of ether oxygens (including phenoxy) is 1. The standard InChI is InChI=1S/C13H21FO3S/c1-4-13(2,14)12(15)16-10-6-9-5-8(10)7-11(9)17-18-3/h8-11H,4-7H2,1-3H3. The van der Waals surface area contributed by atoms with Gasteiger partial charge in [-0.05, 0) is 56.5 Å². The van der Waals surface area contributed by atoms with E-state index >= 15 is 0 Å². The molecule has 0 saturated heterocycles. The summed E-state index contributed by atoms with van der Waals surface area (Å²) in [7, 11) is 0. The predicted octanol–water partition coefficient (Wildman–Crippen LogP) is 3.13. The van der Waals surface area contributed by atoms with Crippen molar-refractivity contribution < 1.29 is 18.1 Å². The van der Waals surface area contributed by atoms with Gasteiger partial charge >= 0.3 is 5.97 Å². The first kappa shape index (κ1) is 14.1. The number of carbonyl (C=O) groups is 1. The van der Waals surface area contributed by atoms with Crippen LogP contribution in [0.25, 0.3) is 0 Å². The number of hydrogen-bond acceptors (Lipinski definition) is 4. The highest BCUT2D eigenvalue weighted by molar-refractivity contribution is 7.93. The smallest absolute Gasteiger partial charge is 0.343 e. The first-order chi connectivity index (χ1) is 8.47. The van der Waals surface area contributed by atoms with Crippen LogP contribution < -0.4 is 0 Å². The van der Waals surface area contributed by atoms with Crippen LogP contribution in [0.2, 0.25) is 0 Å². The van der Waals surface area contributed by atoms with Gasteiger partial charge in [0, 0.05) is 6.26 Å². The molecular formula is C13H21FO3S. The Balaban J connectivity index is 1.87. The van der Waals surface area contributed by atoms with Crippen LogP contribution in [-0.4, -0.2) is 30.1 Å². The monoisotopic (exact) mass is 276 g/mol. The second kappa shape index (κ2) is 5.37. The molecule has 104 valence electrons. The van der Waals surface area contributed by atoms with Gasteiger partial charge in [0.15, 0.2) is 0 Å². The van der Waals surface area contributed by atoms with Gasteiger partial charge in [-0.15, -0.1) is 0 Å². The third kappa shape index (κ3) is 2.67. The zero-order chi connectivity index (χ0) is 13.3. The van der Waals surface area contributed by atoms with Gasteiger partial charge in [-0.3, -0.25) is 0 Å². The Hall–Kier alpha value is -0.290. The van der Waals surface area contributed by atoms with Crippen LogP contribution in [0, 0.1) is 11.8 Å². The Morgan fingerprint density at radius 1 is 1.33 bits per heavy atom. The molecule has 0 radical (unpaired) electrons. The summed E-state index contributed by atoms with van der Waals surface area (Å²) in [6.45, 7) is 2.95. The van der Waals surface area contributed by atoms with Crippen molar-refractivity contribution >= 4 is 18.0 Å². The van der Waals surface area contributed by atoms with E-state index in [0.717, 1.165) is 19.3 Å². The maximum atomic E-state index is 13.8. The zero-order valence-electron chi connectivity index (χ0n) is 11.1. The van der Waals surface area contributed by atoms with Crippen molar-refractivity contribution in [2.75, 3.05) is 6.26 Å². The van der Waals surface area contributed by atoms with Crippen molar-refractivity contribution in [2.24, 2.45) is 11.8 Å². The van der Waals surface area contributed by atoms with Crippen LogP contribution in [-0.2, 0) is 13.7 Å². The molecule has 2 fully saturated rings. The van der Waals surface area contributed by atoms with Crippen LogP contribution in [0.15, 0.2) is 0 Å². The number of fused-ring (bicyclic) bond motifs is 2. The van der Waals surface area contributed by atoms with E-state index in [1.807, 2.05) is 6.26 Å². The lowest BCUT2D eigenvalue weighted by molar-refractivity contribution is -0.165. The SMILES string of the molecule is CCC(C)(F)C(=O)OC1CC2CC1CC2OSC. The van der Waals surface area contributed by atoms with Gasteiger partial charge in [0.1, 0.15) is 6.10 Å². The Morgan fingerprint density at radius 3 is 2.44 bits per heavy atom. The van der Waals surface area contributed by atoms with Gasteiger partial charge < -0.3 is 8.92 Å². The lowest BCUT2D eigenvalue weighted by atomic mass is 9.95. The number of rotatable bonds is 5. The largest absolute Gasteiger partial charge is 0.460 e. The topological polar surface area (TPSA) is 35.5 Å². The third-order valence-electron chi connectivity index (χ3n) is 4.29. The maximum Gasteiger partial charge on any atom is 0.343 e. The summed E-state index contributed by atoms with van der Waals surface area (Å²) >= 11 is 1.39. The summed E-state index contributed by atoms with van der Waals surface area (Å²) in [5, 5.41) is 0. The Bertz CT molecular complexity index is 321. The molecule has 5 atom stereocenters. The van der Waals surface area contributed by atoms with Crippen molar-refractivity contribution in [3.8, 4) is 0 Å². The molecule has 2 aliphatic carbocycles. The molecule has 0 spiro atoms. The summed E-state index contributed by atoms with van der Waals surface area (Å²) in [6, 6.07) is 0. The molecule has 0 aliphatic heterocycles. The van der Waals surface area contributed by atoms with E-state index in [4.69, 9.17) is 8.92 Å². The van der Waals surface area contributed by atoms with E-state index in [9.17, 15) is 9.18 Å². The first-order valence-corrected chi connectivity index (χ1v) is 7.72. The maximum absolute atomic E-state index is 13.8. The van der Waals surface area contributed by atoms with Crippen molar-refractivity contribution in [3.05, 3.63) is 0 Å². The number of carbonyl (C=O) groups excluding carboxylic acids is 1. The second-order valence-electron chi connectivity index (χ2n) is 5.52. The number of alkyl halides is 1. The summed E-state index contributed by atoms with van der Waals surface area (Å²) in [5.74, 6) is 0.112. The fourth-order valence-electron chi connectivity index (χ4n) is 2.96. The molecule has 2 rings (SSSR count). The molecule has 5 unspecified atom stereocenters. The highest BCUT2D eigenvalue weighted by Crippen LogP contribution is 2.48. The van der Waals surface area contributed by atoms with E-state index < -0.39 is 11.6 Å². The second-order valence-corrected chi connectivity index (χ2v) is 6.05. The van der Waals surface area contributed by atoms with Crippen LogP contribution in [0.5, 0.6) is 0 Å². The van der Waals surface area contributed by atoms with E-state index in [1.165, 1.54) is 19.0 Å². The van der Waals surface area contributed by atoms with Crippen LogP contribution >= 0.6 is 12.0 Å². The van der Waals surface area contributed by atoms with E-state index in [2.05, 4.69) is 0 Å². The fourth-order valence-corrected chi connectivity index (χ4v) is 3.44. The van der Waals surface area contributed by atoms with E-state index in [1.54, 1.807) is 6.92 Å². The molecule has 0 amide bonds. The van der Waals surface area contributed by atoms with Crippen LogP contribution in [0.1, 0.15) is 39.5 Å². The van der Waals surface area contributed by atoms with Crippen molar-refractivity contribution in [2.45, 2.75) is 57.4 Å². The molecule has 2 bridgehead atoms. The molecule has 0 aromatic heterocycles. The van der Waals surface area contributed by atoms with Gasteiger partial charge in [0.25, 0.3) is 0 Å².